The summed E-state index contributed by atoms with van der Waals surface area (Å²) in [5.74, 6) is 0.0437. The van der Waals surface area contributed by atoms with Crippen molar-refractivity contribution in [2.24, 2.45) is 0 Å². The molecule has 0 saturated carbocycles. The highest BCUT2D eigenvalue weighted by Gasteiger charge is 2.19. The number of aromatic amines is 1. The fourth-order valence-corrected chi connectivity index (χ4v) is 4.38. The standard InChI is InChI=1S/C24H30N4O2.CH4O3S/c29-22(13-4-7-16-28-14-5-1-6-15-28)25-19-10-8-9-18(17-19)23-20-11-2-3-12-21(20)24(30)27-26-23;1-5(2,3)4/h1,5,8-10,17H,2-4,6-7,11-16H2,(H,25,29)(H,27,30);1H3,(H,2,3,4). The van der Waals surface area contributed by atoms with Crippen molar-refractivity contribution in [1.82, 2.24) is 15.1 Å². The van der Waals surface area contributed by atoms with Crippen LogP contribution in [0.5, 0.6) is 0 Å². The lowest BCUT2D eigenvalue weighted by Crippen LogP contribution is -2.28. The number of H-pyrrole nitrogens is 1. The van der Waals surface area contributed by atoms with E-state index in [9.17, 15) is 18.0 Å². The average molecular weight is 503 g/mol. The van der Waals surface area contributed by atoms with E-state index in [1.165, 1.54) is 0 Å². The first-order valence-corrected chi connectivity index (χ1v) is 13.9. The van der Waals surface area contributed by atoms with Crippen LogP contribution < -0.4 is 10.9 Å². The van der Waals surface area contributed by atoms with Gasteiger partial charge in [-0.2, -0.15) is 13.5 Å². The molecule has 0 atom stereocenters. The molecule has 0 radical (unpaired) electrons. The number of nitrogens with zero attached hydrogens (tertiary/aromatic N) is 2. The van der Waals surface area contributed by atoms with Crippen LogP contribution in [0.3, 0.4) is 0 Å². The van der Waals surface area contributed by atoms with Crippen LogP contribution in [0.15, 0.2) is 41.2 Å². The van der Waals surface area contributed by atoms with E-state index in [1.54, 1.807) is 0 Å². The molecular formula is C25H34N4O5S. The van der Waals surface area contributed by atoms with E-state index in [0.717, 1.165) is 92.7 Å². The van der Waals surface area contributed by atoms with Gasteiger partial charge in [0, 0.05) is 36.3 Å². The first-order chi connectivity index (χ1) is 16.7. The molecule has 10 heteroatoms. The summed E-state index contributed by atoms with van der Waals surface area (Å²) in [6, 6.07) is 7.77. The van der Waals surface area contributed by atoms with Crippen LogP contribution in [-0.2, 0) is 27.8 Å². The van der Waals surface area contributed by atoms with Crippen molar-refractivity contribution in [3.8, 4) is 11.3 Å². The minimum absolute atomic E-state index is 0.0437. The van der Waals surface area contributed by atoms with Crippen LogP contribution >= 0.6 is 0 Å². The second-order valence-corrected chi connectivity index (χ2v) is 10.4. The third kappa shape index (κ3) is 9.04. The number of benzene rings is 1. The van der Waals surface area contributed by atoms with Gasteiger partial charge < -0.3 is 5.32 Å². The number of fused-ring (bicyclic) bond motifs is 1. The molecule has 4 rings (SSSR count). The van der Waals surface area contributed by atoms with Gasteiger partial charge in [0.1, 0.15) is 0 Å². The van der Waals surface area contributed by atoms with E-state index in [0.29, 0.717) is 12.7 Å². The predicted molar refractivity (Wildman–Crippen MR) is 137 cm³/mol. The summed E-state index contributed by atoms with van der Waals surface area (Å²) in [5, 5.41) is 9.99. The Labute approximate surface area is 206 Å². The van der Waals surface area contributed by atoms with Crippen molar-refractivity contribution < 1.29 is 17.8 Å². The number of unbranched alkanes of at least 4 members (excludes halogenated alkanes) is 1. The van der Waals surface area contributed by atoms with Gasteiger partial charge in [0.25, 0.3) is 15.7 Å². The molecule has 0 spiro atoms. The normalized spacial score (nSPS) is 15.6. The van der Waals surface area contributed by atoms with E-state index >= 15 is 0 Å². The molecule has 1 aromatic heterocycles. The highest BCUT2D eigenvalue weighted by Crippen LogP contribution is 2.29. The molecule has 1 amide bonds. The Balaban J connectivity index is 0.000000623. The van der Waals surface area contributed by atoms with E-state index < -0.39 is 10.1 Å². The average Bonchev–Trinajstić information content (AvgIpc) is 2.82. The van der Waals surface area contributed by atoms with Crippen molar-refractivity contribution in [1.29, 1.82) is 0 Å². The van der Waals surface area contributed by atoms with Crippen molar-refractivity contribution >= 4 is 21.7 Å². The Bertz CT molecular complexity index is 1200. The SMILES string of the molecule is CS(=O)(=O)O.O=C(CCCCN1CC=CCC1)Nc1cccc(-c2n[nH]c(=O)c3c2CCCC3)c1. The number of carbonyl (C=O) groups is 1. The van der Waals surface area contributed by atoms with E-state index in [-0.39, 0.29) is 11.5 Å². The Hall–Kier alpha value is -2.82. The molecule has 1 aliphatic carbocycles. The summed E-state index contributed by atoms with van der Waals surface area (Å²) in [6.07, 6.45) is 12.6. The fraction of sp³-hybridized carbons (Fsp3) is 0.480. The quantitative estimate of drug-likeness (QED) is 0.301. The summed E-state index contributed by atoms with van der Waals surface area (Å²) < 4.78 is 25.9. The van der Waals surface area contributed by atoms with E-state index in [4.69, 9.17) is 4.55 Å². The van der Waals surface area contributed by atoms with Crippen LogP contribution in [-0.4, -0.2) is 59.9 Å². The summed E-state index contributed by atoms with van der Waals surface area (Å²) >= 11 is 0. The largest absolute Gasteiger partial charge is 0.326 e. The molecule has 0 unspecified atom stereocenters. The van der Waals surface area contributed by atoms with Crippen molar-refractivity contribution in [2.45, 2.75) is 51.4 Å². The smallest absolute Gasteiger partial charge is 0.267 e. The third-order valence-corrected chi connectivity index (χ3v) is 5.99. The number of carbonyl (C=O) groups excluding carboxylic acids is 1. The minimum Gasteiger partial charge on any atom is -0.326 e. The highest BCUT2D eigenvalue weighted by molar-refractivity contribution is 7.85. The van der Waals surface area contributed by atoms with Crippen molar-refractivity contribution in [3.63, 3.8) is 0 Å². The number of anilines is 1. The monoisotopic (exact) mass is 502 g/mol. The van der Waals surface area contributed by atoms with Gasteiger partial charge in [-0.05, 0) is 69.2 Å². The molecule has 1 aliphatic heterocycles. The second-order valence-electron chi connectivity index (χ2n) is 8.95. The minimum atomic E-state index is -3.67. The van der Waals surface area contributed by atoms with Gasteiger partial charge in [0.2, 0.25) is 5.91 Å². The van der Waals surface area contributed by atoms with E-state index in [1.807, 2.05) is 24.3 Å². The topological polar surface area (TPSA) is 132 Å². The second kappa shape index (κ2) is 12.8. The van der Waals surface area contributed by atoms with Crippen molar-refractivity contribution in [2.75, 3.05) is 31.2 Å². The Morgan fingerprint density at radius 1 is 1.17 bits per heavy atom. The predicted octanol–water partition coefficient (Wildman–Crippen LogP) is 3.19. The molecule has 35 heavy (non-hydrogen) atoms. The van der Waals surface area contributed by atoms with Gasteiger partial charge in [0.05, 0.1) is 11.9 Å². The fourth-order valence-electron chi connectivity index (χ4n) is 4.38. The zero-order chi connectivity index (χ0) is 25.3. The number of hydrogen-bond donors (Lipinski definition) is 3. The van der Waals surface area contributed by atoms with Crippen LogP contribution in [0.4, 0.5) is 5.69 Å². The van der Waals surface area contributed by atoms with Gasteiger partial charge in [-0.15, -0.1) is 0 Å². The number of nitrogens with one attached hydrogen (secondary N) is 2. The third-order valence-electron chi connectivity index (χ3n) is 5.99. The zero-order valence-corrected chi connectivity index (χ0v) is 20.9. The lowest BCUT2D eigenvalue weighted by atomic mass is 9.90. The summed E-state index contributed by atoms with van der Waals surface area (Å²) in [7, 11) is -3.67. The number of amides is 1. The van der Waals surface area contributed by atoms with Crippen LogP contribution in [0.1, 0.15) is 49.7 Å². The molecule has 2 heterocycles. The molecule has 3 N–H and O–H groups in total. The van der Waals surface area contributed by atoms with Gasteiger partial charge >= 0.3 is 0 Å². The maximum absolute atomic E-state index is 12.4. The Morgan fingerprint density at radius 2 is 1.91 bits per heavy atom. The summed E-state index contributed by atoms with van der Waals surface area (Å²) in [6.45, 7) is 3.20. The first kappa shape index (κ1) is 26.8. The molecule has 2 aliphatic rings. The van der Waals surface area contributed by atoms with Crippen LogP contribution in [0.25, 0.3) is 11.3 Å². The van der Waals surface area contributed by atoms with Gasteiger partial charge in [-0.3, -0.25) is 19.0 Å². The number of aromatic nitrogens is 2. The highest BCUT2D eigenvalue weighted by atomic mass is 32.2. The summed E-state index contributed by atoms with van der Waals surface area (Å²) in [4.78, 5) is 26.9. The molecule has 0 saturated heterocycles. The van der Waals surface area contributed by atoms with Crippen LogP contribution in [0.2, 0.25) is 0 Å². The Kier molecular flexibility index (Phi) is 9.76. The lowest BCUT2D eigenvalue weighted by Gasteiger charge is -2.22. The molecule has 0 fully saturated rings. The zero-order valence-electron chi connectivity index (χ0n) is 20.1. The molecule has 2 aromatic rings. The first-order valence-electron chi connectivity index (χ1n) is 12.0. The maximum atomic E-state index is 12.4. The van der Waals surface area contributed by atoms with E-state index in [2.05, 4.69) is 32.6 Å². The molecular weight excluding hydrogens is 468 g/mol. The number of rotatable bonds is 7. The Morgan fingerprint density at radius 3 is 2.63 bits per heavy atom. The van der Waals surface area contributed by atoms with Crippen molar-refractivity contribution in [3.05, 3.63) is 57.9 Å². The van der Waals surface area contributed by atoms with Crippen LogP contribution in [0, 0.1) is 0 Å². The molecule has 190 valence electrons. The molecule has 0 bridgehead atoms. The molecule has 1 aromatic carbocycles. The van der Waals surface area contributed by atoms with Gasteiger partial charge in [-0.25, -0.2) is 5.10 Å². The molecule has 9 nitrogen and oxygen atoms in total. The number of hydrogen-bond acceptors (Lipinski definition) is 6. The lowest BCUT2D eigenvalue weighted by molar-refractivity contribution is -0.116. The van der Waals surface area contributed by atoms with Gasteiger partial charge in [-0.1, -0.05) is 24.3 Å². The maximum Gasteiger partial charge on any atom is 0.267 e. The summed E-state index contributed by atoms with van der Waals surface area (Å²) in [5.41, 5.74) is 4.39. The van der Waals surface area contributed by atoms with Gasteiger partial charge in [0.15, 0.2) is 0 Å².